The van der Waals surface area contributed by atoms with Gasteiger partial charge in [0.05, 0.1) is 17.1 Å². The van der Waals surface area contributed by atoms with Gasteiger partial charge in [-0.05, 0) is 133 Å². The monoisotopic (exact) mass is 855 g/mol. The zero-order valence-electron chi connectivity index (χ0n) is 37.1. The normalized spacial score (nSPS) is 11.1. The fraction of sp³-hybridized carbons (Fsp3) is 0.0156. The number of benzene rings is 8. The van der Waals surface area contributed by atoms with Crippen LogP contribution in [-0.2, 0) is 0 Å². The number of aryl methyl sites for hydroxylation is 1. The molecule has 0 aliphatic rings. The SMILES string of the molecule is Cc1cc(-c2ccc(-c3ccccc3-c3cc(-c4ccccc4-c4ccc(-c5ccccn5)cc4)cc(-c4ccccc4-c4ccc(-c5ccccn5)cc4)c3)cc2)ncc1-c1ccccc1. The zero-order valence-corrected chi connectivity index (χ0v) is 37.1. The molecule has 11 aromatic rings. The van der Waals surface area contributed by atoms with Crippen LogP contribution in [0.25, 0.3) is 112 Å². The quantitative estimate of drug-likeness (QED) is 0.138. The van der Waals surface area contributed by atoms with E-state index in [-0.39, 0.29) is 0 Å². The van der Waals surface area contributed by atoms with Crippen LogP contribution in [0.15, 0.2) is 255 Å². The zero-order chi connectivity index (χ0) is 44.9. The van der Waals surface area contributed by atoms with Crippen molar-refractivity contribution in [3.63, 3.8) is 0 Å². The predicted molar refractivity (Wildman–Crippen MR) is 279 cm³/mol. The molecule has 0 fully saturated rings. The Hall–Kier alpha value is -8.79. The Morgan fingerprint density at radius 2 is 0.537 bits per heavy atom. The topological polar surface area (TPSA) is 38.7 Å². The van der Waals surface area contributed by atoms with Crippen LogP contribution in [0.4, 0.5) is 0 Å². The highest BCUT2D eigenvalue weighted by molar-refractivity contribution is 5.94. The van der Waals surface area contributed by atoms with Crippen LogP contribution in [0.2, 0.25) is 0 Å². The van der Waals surface area contributed by atoms with Gasteiger partial charge in [0, 0.05) is 40.8 Å². The van der Waals surface area contributed by atoms with Gasteiger partial charge < -0.3 is 0 Å². The summed E-state index contributed by atoms with van der Waals surface area (Å²) in [6.07, 6.45) is 5.69. The summed E-state index contributed by atoms with van der Waals surface area (Å²) in [5.74, 6) is 0. The van der Waals surface area contributed by atoms with Crippen molar-refractivity contribution in [2.45, 2.75) is 6.92 Å². The second kappa shape index (κ2) is 18.4. The van der Waals surface area contributed by atoms with Gasteiger partial charge in [0.2, 0.25) is 0 Å². The molecule has 0 aliphatic heterocycles. The van der Waals surface area contributed by atoms with Crippen molar-refractivity contribution >= 4 is 0 Å². The van der Waals surface area contributed by atoms with Crippen LogP contribution in [0, 0.1) is 6.92 Å². The molecule has 0 amide bonds. The van der Waals surface area contributed by atoms with Gasteiger partial charge in [-0.3, -0.25) is 15.0 Å². The second-order valence-corrected chi connectivity index (χ2v) is 16.8. The molecule has 3 nitrogen and oxygen atoms in total. The molecule has 0 aliphatic carbocycles. The van der Waals surface area contributed by atoms with Gasteiger partial charge in [-0.1, -0.05) is 188 Å². The van der Waals surface area contributed by atoms with Crippen LogP contribution in [0.5, 0.6) is 0 Å². The molecule has 0 bridgehead atoms. The fourth-order valence-corrected chi connectivity index (χ4v) is 9.22. The number of aromatic nitrogens is 3. The van der Waals surface area contributed by atoms with Gasteiger partial charge >= 0.3 is 0 Å². The van der Waals surface area contributed by atoms with E-state index in [9.17, 15) is 0 Å². The van der Waals surface area contributed by atoms with Crippen molar-refractivity contribution in [3.05, 3.63) is 261 Å². The van der Waals surface area contributed by atoms with Crippen molar-refractivity contribution in [1.82, 2.24) is 15.0 Å². The average Bonchev–Trinajstić information content (AvgIpc) is 3.41. The summed E-state index contributed by atoms with van der Waals surface area (Å²) in [6, 6.07) is 84.5. The maximum absolute atomic E-state index is 4.92. The number of nitrogens with zero attached hydrogens (tertiary/aromatic N) is 3. The van der Waals surface area contributed by atoms with Gasteiger partial charge in [0.1, 0.15) is 0 Å². The lowest BCUT2D eigenvalue weighted by Crippen LogP contribution is -1.92. The highest BCUT2D eigenvalue weighted by Gasteiger charge is 2.17. The molecule has 67 heavy (non-hydrogen) atoms. The van der Waals surface area contributed by atoms with Crippen LogP contribution >= 0.6 is 0 Å². The number of pyridine rings is 3. The smallest absolute Gasteiger partial charge is 0.0705 e. The summed E-state index contributed by atoms with van der Waals surface area (Å²) in [7, 11) is 0. The van der Waals surface area contributed by atoms with Crippen molar-refractivity contribution in [2.24, 2.45) is 0 Å². The summed E-state index contributed by atoms with van der Waals surface area (Å²) in [5.41, 5.74) is 23.5. The van der Waals surface area contributed by atoms with Crippen LogP contribution in [0.1, 0.15) is 5.56 Å². The summed E-state index contributed by atoms with van der Waals surface area (Å²) < 4.78 is 0. The maximum atomic E-state index is 4.92. The van der Waals surface area contributed by atoms with Gasteiger partial charge in [0.15, 0.2) is 0 Å². The van der Waals surface area contributed by atoms with E-state index in [0.29, 0.717) is 0 Å². The molecule has 3 aromatic heterocycles. The lowest BCUT2D eigenvalue weighted by atomic mass is 9.86. The minimum absolute atomic E-state index is 0.960. The van der Waals surface area contributed by atoms with Crippen LogP contribution in [-0.4, -0.2) is 15.0 Å². The molecule has 316 valence electrons. The highest BCUT2D eigenvalue weighted by atomic mass is 14.7. The van der Waals surface area contributed by atoms with Gasteiger partial charge in [-0.2, -0.15) is 0 Å². The summed E-state index contributed by atoms with van der Waals surface area (Å²) in [5, 5.41) is 0. The standard InChI is InChI=1S/C64H45N3/c1-44-39-64(67-43-61(44)45-15-3-2-4-16-45)51-35-29-48(30-36-51)57-19-7-10-22-60(57)54-41-52(58-20-8-5-17-55(58)46-25-31-49(32-26-46)62-23-11-13-37-65-62)40-53(42-54)59-21-9-6-18-56(59)47-27-33-50(34-28-47)63-24-12-14-38-66-63/h2-43H,1H3. The molecule has 3 heteroatoms. The third-order valence-corrected chi connectivity index (χ3v) is 12.6. The minimum atomic E-state index is 0.960. The molecule has 0 N–H and O–H groups in total. The lowest BCUT2D eigenvalue weighted by Gasteiger charge is -2.18. The third-order valence-electron chi connectivity index (χ3n) is 12.6. The van der Waals surface area contributed by atoms with E-state index >= 15 is 0 Å². The first-order chi connectivity index (χ1) is 33.1. The number of rotatable bonds is 10. The van der Waals surface area contributed by atoms with Crippen molar-refractivity contribution in [2.75, 3.05) is 0 Å². The Kier molecular flexibility index (Phi) is 11.2. The minimum Gasteiger partial charge on any atom is -0.256 e. The molecule has 8 aromatic carbocycles. The van der Waals surface area contributed by atoms with Crippen molar-refractivity contribution in [1.29, 1.82) is 0 Å². The summed E-state index contributed by atoms with van der Waals surface area (Å²) in [6.45, 7) is 2.16. The molecule has 0 saturated carbocycles. The van der Waals surface area contributed by atoms with E-state index in [2.05, 4.69) is 223 Å². The molecule has 0 radical (unpaired) electrons. The maximum Gasteiger partial charge on any atom is 0.0705 e. The third kappa shape index (κ3) is 8.50. The van der Waals surface area contributed by atoms with Crippen molar-refractivity contribution in [3.8, 4) is 112 Å². The lowest BCUT2D eigenvalue weighted by molar-refractivity contribution is 1.29. The summed E-state index contributed by atoms with van der Waals surface area (Å²) in [4.78, 5) is 14.1. The number of hydrogen-bond acceptors (Lipinski definition) is 3. The van der Waals surface area contributed by atoms with E-state index in [1.165, 1.54) is 22.3 Å². The highest BCUT2D eigenvalue weighted by Crippen LogP contribution is 2.43. The van der Waals surface area contributed by atoms with Crippen LogP contribution < -0.4 is 0 Å². The first-order valence-electron chi connectivity index (χ1n) is 22.7. The molecule has 0 unspecified atom stereocenters. The van der Waals surface area contributed by atoms with Gasteiger partial charge in [0.25, 0.3) is 0 Å². The van der Waals surface area contributed by atoms with Gasteiger partial charge in [-0.15, -0.1) is 0 Å². The first kappa shape index (κ1) is 40.9. The van der Waals surface area contributed by atoms with E-state index in [1.807, 2.05) is 48.9 Å². The van der Waals surface area contributed by atoms with E-state index in [4.69, 9.17) is 4.98 Å². The Labute approximate surface area is 392 Å². The van der Waals surface area contributed by atoms with E-state index < -0.39 is 0 Å². The Balaban J connectivity index is 1.02. The number of hydrogen-bond donors (Lipinski definition) is 0. The first-order valence-corrected chi connectivity index (χ1v) is 22.7. The molecular formula is C64H45N3. The molecule has 3 heterocycles. The molecule has 0 saturated heterocycles. The fourth-order valence-electron chi connectivity index (χ4n) is 9.22. The predicted octanol–water partition coefficient (Wildman–Crippen LogP) is 16.9. The van der Waals surface area contributed by atoms with E-state index in [0.717, 1.165) is 95.0 Å². The Morgan fingerprint density at radius 1 is 0.224 bits per heavy atom. The van der Waals surface area contributed by atoms with Crippen molar-refractivity contribution < 1.29 is 0 Å². The summed E-state index contributed by atoms with van der Waals surface area (Å²) >= 11 is 0. The Bertz CT molecular complexity index is 3330. The molecule has 11 rings (SSSR count). The second-order valence-electron chi connectivity index (χ2n) is 16.8. The molecule has 0 spiro atoms. The Morgan fingerprint density at radius 3 is 0.896 bits per heavy atom. The molecular weight excluding hydrogens is 811 g/mol. The van der Waals surface area contributed by atoms with Gasteiger partial charge in [-0.25, -0.2) is 0 Å². The largest absolute Gasteiger partial charge is 0.256 e. The average molecular weight is 856 g/mol. The van der Waals surface area contributed by atoms with E-state index in [1.54, 1.807) is 0 Å². The van der Waals surface area contributed by atoms with Crippen LogP contribution in [0.3, 0.4) is 0 Å². The molecule has 0 atom stereocenters.